The molecule has 0 saturated heterocycles. The molecule has 1 aromatic rings. The van der Waals surface area contributed by atoms with Crippen molar-refractivity contribution in [3.05, 3.63) is 34.4 Å². The Bertz CT molecular complexity index is 476. The number of aromatic hydroxyl groups is 1. The fraction of sp³-hybridized carbons (Fsp3) is 0.357. The average Bonchev–Trinajstić information content (AvgIpc) is 2.27. The zero-order valence-corrected chi connectivity index (χ0v) is 10.8. The van der Waals surface area contributed by atoms with Crippen LogP contribution >= 0.6 is 0 Å². The number of rotatable bonds is 4. The van der Waals surface area contributed by atoms with Gasteiger partial charge in [0.15, 0.2) is 0 Å². The Morgan fingerprint density at radius 3 is 2.35 bits per heavy atom. The molecule has 3 heteroatoms. The van der Waals surface area contributed by atoms with Gasteiger partial charge in [-0.3, -0.25) is 4.79 Å². The molecular weight excluding hydrogens is 214 g/mol. The van der Waals surface area contributed by atoms with Crippen molar-refractivity contribution in [3.8, 4) is 5.75 Å². The van der Waals surface area contributed by atoms with Crippen LogP contribution in [0.1, 0.15) is 29.2 Å². The molecular formula is C14H19NO2. The fourth-order valence-electron chi connectivity index (χ4n) is 1.99. The van der Waals surface area contributed by atoms with Gasteiger partial charge in [-0.1, -0.05) is 12.2 Å². The molecule has 2 N–H and O–H groups in total. The van der Waals surface area contributed by atoms with E-state index >= 15 is 0 Å². The normalized spacial score (nSPS) is 10.1. The first kappa shape index (κ1) is 13.3. The van der Waals surface area contributed by atoms with Crippen LogP contribution in [0.5, 0.6) is 5.75 Å². The molecule has 0 atom stereocenters. The van der Waals surface area contributed by atoms with Crippen molar-refractivity contribution in [3.63, 3.8) is 0 Å². The maximum absolute atomic E-state index is 10.6. The molecule has 92 valence electrons. The minimum Gasteiger partial charge on any atom is -0.507 e. The van der Waals surface area contributed by atoms with Crippen molar-refractivity contribution in [2.75, 3.05) is 5.32 Å². The maximum Gasteiger partial charge on any atom is 0.211 e. The molecule has 1 rings (SSSR count). The summed E-state index contributed by atoms with van der Waals surface area (Å²) in [5.74, 6) is 0.305. The number of amides is 1. The molecule has 0 aliphatic rings. The predicted octanol–water partition coefficient (Wildman–Crippen LogP) is 3.00. The third-order valence-corrected chi connectivity index (χ3v) is 3.09. The predicted molar refractivity (Wildman–Crippen MR) is 70.5 cm³/mol. The van der Waals surface area contributed by atoms with E-state index in [9.17, 15) is 9.90 Å². The number of nitrogens with one attached hydrogen (secondary N) is 1. The zero-order valence-electron chi connectivity index (χ0n) is 10.8. The Hall–Kier alpha value is -1.77. The summed E-state index contributed by atoms with van der Waals surface area (Å²) >= 11 is 0. The molecule has 3 nitrogen and oxygen atoms in total. The lowest BCUT2D eigenvalue weighted by atomic mass is 9.93. The molecule has 0 spiro atoms. The first-order valence-electron chi connectivity index (χ1n) is 5.56. The van der Waals surface area contributed by atoms with E-state index in [1.807, 2.05) is 27.7 Å². The molecule has 0 fully saturated rings. The molecule has 0 radical (unpaired) electrons. The number of phenolic OH excluding ortho intramolecular Hbond substituents is 1. The van der Waals surface area contributed by atoms with Crippen LogP contribution in [-0.2, 0) is 11.2 Å². The summed E-state index contributed by atoms with van der Waals surface area (Å²) in [7, 11) is 0. The minimum atomic E-state index is 0.305. The van der Waals surface area contributed by atoms with E-state index in [0.29, 0.717) is 18.6 Å². The van der Waals surface area contributed by atoms with Gasteiger partial charge >= 0.3 is 0 Å². The third kappa shape index (κ3) is 2.49. The lowest BCUT2D eigenvalue weighted by Gasteiger charge is -2.18. The molecule has 0 aliphatic carbocycles. The number of carbonyl (C=O) groups is 1. The van der Waals surface area contributed by atoms with E-state index in [-0.39, 0.29) is 0 Å². The summed E-state index contributed by atoms with van der Waals surface area (Å²) in [6.45, 7) is 11.4. The summed E-state index contributed by atoms with van der Waals surface area (Å²) in [6.07, 6.45) is 1.28. The second-order valence-corrected chi connectivity index (χ2v) is 4.47. The Balaban J connectivity index is 3.48. The molecule has 1 amide bonds. The quantitative estimate of drug-likeness (QED) is 0.477. The standard InChI is InChI=1S/C14H19NO2/c1-8(2)6-12-11(5)13(15-7-16)9(3)10(4)14(12)17/h7,17H,1,6H2,2-5H3,(H,15,16). The van der Waals surface area contributed by atoms with Crippen molar-refractivity contribution in [2.45, 2.75) is 34.1 Å². The molecule has 17 heavy (non-hydrogen) atoms. The van der Waals surface area contributed by atoms with Crippen molar-refractivity contribution in [1.29, 1.82) is 0 Å². The van der Waals surface area contributed by atoms with E-state index in [2.05, 4.69) is 11.9 Å². The number of anilines is 1. The van der Waals surface area contributed by atoms with Crippen molar-refractivity contribution in [2.24, 2.45) is 0 Å². The number of hydrogen-bond acceptors (Lipinski definition) is 2. The molecule has 0 bridgehead atoms. The lowest BCUT2D eigenvalue weighted by Crippen LogP contribution is -2.05. The number of hydrogen-bond donors (Lipinski definition) is 2. The van der Waals surface area contributed by atoms with Gasteiger partial charge in [0.2, 0.25) is 6.41 Å². The second kappa shape index (κ2) is 5.04. The van der Waals surface area contributed by atoms with Gasteiger partial charge in [-0.15, -0.1) is 0 Å². The molecule has 0 heterocycles. The zero-order chi connectivity index (χ0) is 13.2. The fourth-order valence-corrected chi connectivity index (χ4v) is 1.99. The van der Waals surface area contributed by atoms with Crippen molar-refractivity contribution in [1.82, 2.24) is 0 Å². The first-order chi connectivity index (χ1) is 7.90. The third-order valence-electron chi connectivity index (χ3n) is 3.09. The van der Waals surface area contributed by atoms with Gasteiger partial charge in [0, 0.05) is 11.3 Å². The highest BCUT2D eigenvalue weighted by molar-refractivity contribution is 5.79. The van der Waals surface area contributed by atoms with Crippen LogP contribution in [-0.4, -0.2) is 11.5 Å². The van der Waals surface area contributed by atoms with E-state index in [0.717, 1.165) is 33.5 Å². The summed E-state index contributed by atoms with van der Waals surface area (Å²) in [5.41, 5.74) is 5.20. The van der Waals surface area contributed by atoms with Crippen LogP contribution in [0, 0.1) is 20.8 Å². The average molecular weight is 233 g/mol. The SMILES string of the molecule is C=C(C)Cc1c(C)c(NC=O)c(C)c(C)c1O. The smallest absolute Gasteiger partial charge is 0.211 e. The molecule has 0 unspecified atom stereocenters. The lowest BCUT2D eigenvalue weighted by molar-refractivity contribution is -0.105. The van der Waals surface area contributed by atoms with Gasteiger partial charge in [-0.25, -0.2) is 0 Å². The molecule has 0 aliphatic heterocycles. The van der Waals surface area contributed by atoms with Crippen LogP contribution in [0.15, 0.2) is 12.2 Å². The number of benzene rings is 1. The first-order valence-corrected chi connectivity index (χ1v) is 5.56. The van der Waals surface area contributed by atoms with Gasteiger partial charge in [0.05, 0.1) is 0 Å². The Morgan fingerprint density at radius 1 is 1.29 bits per heavy atom. The van der Waals surface area contributed by atoms with Gasteiger partial charge in [0.25, 0.3) is 0 Å². The van der Waals surface area contributed by atoms with Gasteiger partial charge in [-0.05, 0) is 50.8 Å². The van der Waals surface area contributed by atoms with E-state index in [4.69, 9.17) is 0 Å². The van der Waals surface area contributed by atoms with Gasteiger partial charge in [0.1, 0.15) is 5.75 Å². The largest absolute Gasteiger partial charge is 0.507 e. The number of carbonyl (C=O) groups excluding carboxylic acids is 1. The topological polar surface area (TPSA) is 49.3 Å². The summed E-state index contributed by atoms with van der Waals surface area (Å²) in [4.78, 5) is 10.6. The van der Waals surface area contributed by atoms with Crippen LogP contribution in [0.4, 0.5) is 5.69 Å². The van der Waals surface area contributed by atoms with Gasteiger partial charge < -0.3 is 10.4 Å². The van der Waals surface area contributed by atoms with Crippen LogP contribution in [0.3, 0.4) is 0 Å². The van der Waals surface area contributed by atoms with E-state index in [1.54, 1.807) is 0 Å². The Kier molecular flexibility index (Phi) is 3.94. The summed E-state index contributed by atoms with van der Waals surface area (Å²) in [6, 6.07) is 0. The minimum absolute atomic E-state index is 0.305. The monoisotopic (exact) mass is 233 g/mol. The van der Waals surface area contributed by atoms with Crippen LogP contribution in [0.2, 0.25) is 0 Å². The number of allylic oxidation sites excluding steroid dienone is 1. The summed E-state index contributed by atoms with van der Waals surface area (Å²) in [5, 5.41) is 12.8. The van der Waals surface area contributed by atoms with E-state index < -0.39 is 0 Å². The highest BCUT2D eigenvalue weighted by Crippen LogP contribution is 2.36. The molecule has 0 aromatic heterocycles. The molecule has 0 saturated carbocycles. The highest BCUT2D eigenvalue weighted by Gasteiger charge is 2.16. The van der Waals surface area contributed by atoms with Crippen molar-refractivity contribution < 1.29 is 9.90 Å². The second-order valence-electron chi connectivity index (χ2n) is 4.47. The number of phenols is 1. The molecule has 1 aromatic carbocycles. The highest BCUT2D eigenvalue weighted by atomic mass is 16.3. The van der Waals surface area contributed by atoms with E-state index in [1.165, 1.54) is 0 Å². The van der Waals surface area contributed by atoms with Gasteiger partial charge in [-0.2, -0.15) is 0 Å². The maximum atomic E-state index is 10.6. The van der Waals surface area contributed by atoms with Crippen molar-refractivity contribution >= 4 is 12.1 Å². The summed E-state index contributed by atoms with van der Waals surface area (Å²) < 4.78 is 0. The Morgan fingerprint density at radius 2 is 1.88 bits per heavy atom. The Labute approximate surface area is 102 Å². The van der Waals surface area contributed by atoms with Crippen LogP contribution < -0.4 is 5.32 Å². The van der Waals surface area contributed by atoms with Crippen LogP contribution in [0.25, 0.3) is 0 Å².